The predicted molar refractivity (Wildman–Crippen MR) is 88.7 cm³/mol. The number of hydrogen-bond donors (Lipinski definition) is 0. The fourth-order valence-electron chi connectivity index (χ4n) is 2.85. The van der Waals surface area contributed by atoms with Crippen molar-refractivity contribution in [2.45, 2.75) is 48.7 Å². The number of nitrogens with zero attached hydrogens (tertiary/aromatic N) is 3. The highest BCUT2D eigenvalue weighted by Crippen LogP contribution is 2.39. The molecular formula is C17H19N3O2S. The molecule has 0 saturated heterocycles. The van der Waals surface area contributed by atoms with E-state index in [9.17, 15) is 4.79 Å². The Bertz CT molecular complexity index is 726. The van der Waals surface area contributed by atoms with Crippen LogP contribution in [0.3, 0.4) is 0 Å². The molecule has 1 saturated carbocycles. The van der Waals surface area contributed by atoms with Gasteiger partial charge in [-0.05, 0) is 25.0 Å². The molecule has 0 radical (unpaired) electrons. The van der Waals surface area contributed by atoms with Gasteiger partial charge >= 0.3 is 0 Å². The number of carbonyl (C=O) groups excluding carboxylic acids is 1. The monoisotopic (exact) mass is 329 g/mol. The van der Waals surface area contributed by atoms with Gasteiger partial charge in [0.25, 0.3) is 0 Å². The summed E-state index contributed by atoms with van der Waals surface area (Å²) >= 11 is 1.83. The van der Waals surface area contributed by atoms with Crippen molar-refractivity contribution in [2.75, 3.05) is 11.4 Å². The van der Waals surface area contributed by atoms with E-state index < -0.39 is 0 Å². The number of aryl methyl sites for hydroxylation is 1. The molecule has 1 atom stereocenters. The molecule has 1 aromatic carbocycles. The number of para-hydroxylation sites is 1. The largest absolute Gasteiger partial charge is 0.339 e. The number of fused-ring (bicyclic) bond motifs is 1. The smallest absolute Gasteiger partial charge is 0.227 e. The highest BCUT2D eigenvalue weighted by Gasteiger charge is 2.29. The van der Waals surface area contributed by atoms with Crippen LogP contribution in [0.2, 0.25) is 0 Å². The van der Waals surface area contributed by atoms with Crippen molar-refractivity contribution in [1.82, 2.24) is 10.1 Å². The fourth-order valence-corrected chi connectivity index (χ4v) is 3.96. The van der Waals surface area contributed by atoms with E-state index in [0.29, 0.717) is 29.9 Å². The minimum absolute atomic E-state index is 0.121. The Morgan fingerprint density at radius 2 is 2.22 bits per heavy atom. The minimum atomic E-state index is 0.121. The molecule has 1 amide bonds. The van der Waals surface area contributed by atoms with Crippen LogP contribution in [0.15, 0.2) is 33.7 Å². The summed E-state index contributed by atoms with van der Waals surface area (Å²) in [5, 5.41) is 4.40. The summed E-state index contributed by atoms with van der Waals surface area (Å²) in [5.74, 6) is 1.99. The van der Waals surface area contributed by atoms with Gasteiger partial charge in [-0.3, -0.25) is 4.79 Å². The SMILES string of the molecule is C[C@H]1CN(C(=O)CCc2nc(C3CC3)no2)c2ccccc2S1. The van der Waals surface area contributed by atoms with Crippen molar-refractivity contribution >= 4 is 23.4 Å². The van der Waals surface area contributed by atoms with Gasteiger partial charge in [0.1, 0.15) is 0 Å². The maximum atomic E-state index is 12.7. The van der Waals surface area contributed by atoms with E-state index in [2.05, 4.69) is 23.1 Å². The molecule has 2 aliphatic rings. The van der Waals surface area contributed by atoms with Crippen molar-refractivity contribution < 1.29 is 9.32 Å². The standard InChI is InChI=1S/C17H19N3O2S/c1-11-10-20(13-4-2-3-5-14(13)23-11)16(21)9-8-15-18-17(19-22-15)12-6-7-12/h2-5,11-12H,6-10H2,1H3/t11-/m0/s1. The summed E-state index contributed by atoms with van der Waals surface area (Å²) in [5.41, 5.74) is 1.02. The van der Waals surface area contributed by atoms with Crippen molar-refractivity contribution in [3.8, 4) is 0 Å². The Balaban J connectivity index is 1.44. The van der Waals surface area contributed by atoms with Crippen LogP contribution in [0.5, 0.6) is 0 Å². The molecule has 1 aliphatic heterocycles. The van der Waals surface area contributed by atoms with E-state index in [1.807, 2.05) is 34.9 Å². The Kier molecular flexibility index (Phi) is 3.85. The van der Waals surface area contributed by atoms with Crippen molar-refractivity contribution in [3.05, 3.63) is 36.0 Å². The average Bonchev–Trinajstić information content (AvgIpc) is 3.30. The molecule has 6 heteroatoms. The van der Waals surface area contributed by atoms with Gasteiger partial charge < -0.3 is 9.42 Å². The van der Waals surface area contributed by atoms with E-state index in [1.165, 1.54) is 4.90 Å². The lowest BCUT2D eigenvalue weighted by Crippen LogP contribution is -2.38. The molecule has 2 aromatic rings. The van der Waals surface area contributed by atoms with Crippen molar-refractivity contribution in [2.24, 2.45) is 0 Å². The fraction of sp³-hybridized carbons (Fsp3) is 0.471. The number of thioether (sulfide) groups is 1. The zero-order valence-electron chi connectivity index (χ0n) is 13.1. The van der Waals surface area contributed by atoms with Crippen LogP contribution in [0, 0.1) is 0 Å². The summed E-state index contributed by atoms with van der Waals surface area (Å²) in [6.45, 7) is 2.90. The molecular weight excluding hydrogens is 310 g/mol. The lowest BCUT2D eigenvalue weighted by atomic mass is 10.2. The second kappa shape index (κ2) is 6.00. The Morgan fingerprint density at radius 1 is 1.39 bits per heavy atom. The van der Waals surface area contributed by atoms with Gasteiger partial charge in [-0.2, -0.15) is 4.98 Å². The highest BCUT2D eigenvalue weighted by molar-refractivity contribution is 8.00. The molecule has 1 fully saturated rings. The first-order valence-corrected chi connectivity index (χ1v) is 8.97. The lowest BCUT2D eigenvalue weighted by Gasteiger charge is -2.32. The molecule has 1 aromatic heterocycles. The second-order valence-corrected chi connectivity index (χ2v) is 7.70. The number of hydrogen-bond acceptors (Lipinski definition) is 5. The molecule has 0 spiro atoms. The van der Waals surface area contributed by atoms with Gasteiger partial charge in [-0.25, -0.2) is 0 Å². The van der Waals surface area contributed by atoms with Gasteiger partial charge in [-0.1, -0.05) is 24.2 Å². The quantitative estimate of drug-likeness (QED) is 0.860. The summed E-state index contributed by atoms with van der Waals surface area (Å²) < 4.78 is 5.26. The number of aromatic nitrogens is 2. The highest BCUT2D eigenvalue weighted by atomic mass is 32.2. The van der Waals surface area contributed by atoms with Crippen molar-refractivity contribution in [3.63, 3.8) is 0 Å². The van der Waals surface area contributed by atoms with Crippen LogP contribution >= 0.6 is 11.8 Å². The third kappa shape index (κ3) is 3.13. The van der Waals surface area contributed by atoms with Gasteiger partial charge in [0.15, 0.2) is 5.82 Å². The first-order valence-electron chi connectivity index (χ1n) is 8.09. The molecule has 1 aliphatic carbocycles. The third-order valence-corrected chi connectivity index (χ3v) is 5.35. The van der Waals surface area contributed by atoms with Crippen LogP contribution < -0.4 is 4.90 Å². The van der Waals surface area contributed by atoms with E-state index in [4.69, 9.17) is 4.52 Å². The Labute approximate surface area is 139 Å². The molecule has 2 heterocycles. The summed E-state index contributed by atoms with van der Waals surface area (Å²) in [4.78, 5) is 20.1. The topological polar surface area (TPSA) is 59.2 Å². The molecule has 0 unspecified atom stereocenters. The zero-order chi connectivity index (χ0) is 15.8. The summed E-state index contributed by atoms with van der Waals surface area (Å²) in [7, 11) is 0. The average molecular weight is 329 g/mol. The van der Waals surface area contributed by atoms with E-state index >= 15 is 0 Å². The number of rotatable bonds is 4. The van der Waals surface area contributed by atoms with Crippen LogP contribution in [0.25, 0.3) is 0 Å². The van der Waals surface area contributed by atoms with Gasteiger partial charge in [-0.15, -0.1) is 11.8 Å². The Hall–Kier alpha value is -1.82. The maximum absolute atomic E-state index is 12.7. The van der Waals surface area contributed by atoms with E-state index in [1.54, 1.807) is 0 Å². The number of carbonyl (C=O) groups is 1. The van der Waals surface area contributed by atoms with Crippen LogP contribution in [0.4, 0.5) is 5.69 Å². The maximum Gasteiger partial charge on any atom is 0.227 e. The van der Waals surface area contributed by atoms with E-state index in [-0.39, 0.29) is 5.91 Å². The minimum Gasteiger partial charge on any atom is -0.339 e. The lowest BCUT2D eigenvalue weighted by molar-refractivity contribution is -0.118. The van der Waals surface area contributed by atoms with Gasteiger partial charge in [0.05, 0.1) is 5.69 Å². The van der Waals surface area contributed by atoms with Gasteiger partial charge in [0, 0.05) is 35.4 Å². The second-order valence-electron chi connectivity index (χ2n) is 6.22. The molecule has 5 nitrogen and oxygen atoms in total. The molecule has 23 heavy (non-hydrogen) atoms. The zero-order valence-corrected chi connectivity index (χ0v) is 13.9. The first kappa shape index (κ1) is 14.8. The third-order valence-electron chi connectivity index (χ3n) is 4.20. The molecule has 120 valence electrons. The van der Waals surface area contributed by atoms with Gasteiger partial charge in [0.2, 0.25) is 11.8 Å². The Morgan fingerprint density at radius 3 is 3.04 bits per heavy atom. The number of amides is 1. The normalized spacial score (nSPS) is 20.4. The predicted octanol–water partition coefficient (Wildman–Crippen LogP) is 3.41. The number of anilines is 1. The van der Waals surface area contributed by atoms with E-state index in [0.717, 1.165) is 30.9 Å². The van der Waals surface area contributed by atoms with Crippen LogP contribution in [-0.2, 0) is 11.2 Å². The van der Waals surface area contributed by atoms with Crippen LogP contribution in [-0.4, -0.2) is 27.8 Å². The molecule has 4 rings (SSSR count). The van der Waals surface area contributed by atoms with Crippen LogP contribution in [0.1, 0.15) is 43.8 Å². The first-order chi connectivity index (χ1) is 11.2. The molecule has 0 bridgehead atoms. The van der Waals surface area contributed by atoms with Crippen molar-refractivity contribution in [1.29, 1.82) is 0 Å². The molecule has 0 N–H and O–H groups in total. The summed E-state index contributed by atoms with van der Waals surface area (Å²) in [6.07, 6.45) is 3.22. The summed E-state index contributed by atoms with van der Waals surface area (Å²) in [6, 6.07) is 8.10. The number of benzene rings is 1.